The fourth-order valence-corrected chi connectivity index (χ4v) is 1.78. The minimum Gasteiger partial charge on any atom is -0.378 e. The number of ether oxygens (including phenoxy) is 1. The molecule has 1 aliphatic heterocycles. The van der Waals surface area contributed by atoms with E-state index < -0.39 is 0 Å². The smallest absolute Gasteiger partial charge is 0.243 e. The standard InChI is InChI=1S/C10H12BrN3O2/c11-7-5-12-2-1-8(7)14-10(15)9-6-16-4-3-13-9/h1-2,5,9,13H,3-4,6H2,(H,12,14,15). The van der Waals surface area contributed by atoms with Crippen molar-refractivity contribution in [3.63, 3.8) is 0 Å². The highest BCUT2D eigenvalue weighted by Crippen LogP contribution is 2.20. The molecule has 1 fully saturated rings. The Balaban J connectivity index is 1.99. The molecule has 0 saturated carbocycles. The summed E-state index contributed by atoms with van der Waals surface area (Å²) in [5.74, 6) is -0.0911. The van der Waals surface area contributed by atoms with Crippen LogP contribution >= 0.6 is 15.9 Å². The molecule has 1 saturated heterocycles. The Kier molecular flexibility index (Phi) is 3.87. The minimum atomic E-state index is -0.284. The minimum absolute atomic E-state index is 0.0911. The van der Waals surface area contributed by atoms with E-state index in [2.05, 4.69) is 31.5 Å². The lowest BCUT2D eigenvalue weighted by Gasteiger charge is -2.23. The van der Waals surface area contributed by atoms with Gasteiger partial charge in [0.2, 0.25) is 5.91 Å². The Bertz CT molecular complexity index is 380. The van der Waals surface area contributed by atoms with Gasteiger partial charge < -0.3 is 15.4 Å². The van der Waals surface area contributed by atoms with Gasteiger partial charge in [0.1, 0.15) is 6.04 Å². The fraction of sp³-hybridized carbons (Fsp3) is 0.400. The number of pyridine rings is 1. The van der Waals surface area contributed by atoms with Gasteiger partial charge in [0, 0.05) is 18.9 Å². The molecule has 2 N–H and O–H groups in total. The summed E-state index contributed by atoms with van der Waals surface area (Å²) in [6, 6.07) is 1.46. The zero-order valence-corrected chi connectivity index (χ0v) is 10.2. The highest BCUT2D eigenvalue weighted by molar-refractivity contribution is 9.10. The Labute approximate surface area is 102 Å². The molecule has 0 radical (unpaired) electrons. The molecular formula is C10H12BrN3O2. The van der Waals surface area contributed by atoms with Gasteiger partial charge in [-0.3, -0.25) is 9.78 Å². The monoisotopic (exact) mass is 285 g/mol. The van der Waals surface area contributed by atoms with Crippen molar-refractivity contribution >= 4 is 27.5 Å². The Morgan fingerprint density at radius 1 is 1.69 bits per heavy atom. The van der Waals surface area contributed by atoms with E-state index in [0.717, 1.165) is 4.47 Å². The van der Waals surface area contributed by atoms with Gasteiger partial charge in [-0.15, -0.1) is 0 Å². The molecule has 1 aromatic rings. The number of morpholine rings is 1. The second-order valence-electron chi connectivity index (χ2n) is 3.43. The lowest BCUT2D eigenvalue weighted by molar-refractivity contribution is -0.120. The van der Waals surface area contributed by atoms with E-state index in [1.54, 1.807) is 18.5 Å². The van der Waals surface area contributed by atoms with Crippen LogP contribution in [0.25, 0.3) is 0 Å². The second kappa shape index (κ2) is 5.38. The number of carbonyl (C=O) groups is 1. The molecule has 1 unspecified atom stereocenters. The topological polar surface area (TPSA) is 63.2 Å². The Morgan fingerprint density at radius 3 is 3.25 bits per heavy atom. The number of hydrogen-bond acceptors (Lipinski definition) is 4. The number of rotatable bonds is 2. The summed E-state index contributed by atoms with van der Waals surface area (Å²) in [5, 5.41) is 5.90. The van der Waals surface area contributed by atoms with Crippen LogP contribution in [0.3, 0.4) is 0 Å². The van der Waals surface area contributed by atoms with Crippen molar-refractivity contribution in [3.8, 4) is 0 Å². The molecule has 5 nitrogen and oxygen atoms in total. The van der Waals surface area contributed by atoms with Gasteiger partial charge in [0.25, 0.3) is 0 Å². The summed E-state index contributed by atoms with van der Waals surface area (Å²) in [4.78, 5) is 15.8. The largest absolute Gasteiger partial charge is 0.378 e. The van der Waals surface area contributed by atoms with Crippen molar-refractivity contribution in [1.82, 2.24) is 10.3 Å². The Morgan fingerprint density at radius 2 is 2.56 bits per heavy atom. The molecule has 1 amide bonds. The maximum absolute atomic E-state index is 11.8. The van der Waals surface area contributed by atoms with Crippen molar-refractivity contribution < 1.29 is 9.53 Å². The average molecular weight is 286 g/mol. The van der Waals surface area contributed by atoms with Crippen molar-refractivity contribution in [2.75, 3.05) is 25.1 Å². The molecule has 0 spiro atoms. The molecule has 6 heteroatoms. The molecule has 0 bridgehead atoms. The van der Waals surface area contributed by atoms with Gasteiger partial charge in [0.15, 0.2) is 0 Å². The van der Waals surface area contributed by atoms with E-state index >= 15 is 0 Å². The molecule has 16 heavy (non-hydrogen) atoms. The third kappa shape index (κ3) is 2.78. The summed E-state index contributed by atoms with van der Waals surface area (Å²) in [5.41, 5.74) is 0.715. The summed E-state index contributed by atoms with van der Waals surface area (Å²) in [6.45, 7) is 1.77. The van der Waals surface area contributed by atoms with Crippen molar-refractivity contribution in [1.29, 1.82) is 0 Å². The summed E-state index contributed by atoms with van der Waals surface area (Å²) in [7, 11) is 0. The number of carbonyl (C=O) groups excluding carboxylic acids is 1. The SMILES string of the molecule is O=C(Nc1ccncc1Br)C1COCCN1. The number of aromatic nitrogens is 1. The number of halogens is 1. The van der Waals surface area contributed by atoms with Crippen LogP contribution in [0.1, 0.15) is 0 Å². The molecule has 86 valence electrons. The predicted molar refractivity (Wildman–Crippen MR) is 63.2 cm³/mol. The quantitative estimate of drug-likeness (QED) is 0.843. The highest BCUT2D eigenvalue weighted by atomic mass is 79.9. The van der Waals surface area contributed by atoms with Gasteiger partial charge in [-0.25, -0.2) is 0 Å². The van der Waals surface area contributed by atoms with E-state index in [4.69, 9.17) is 4.74 Å². The summed E-state index contributed by atoms with van der Waals surface area (Å²) in [6.07, 6.45) is 3.27. The normalized spacial score (nSPS) is 20.4. The average Bonchev–Trinajstić information content (AvgIpc) is 2.33. The predicted octanol–water partition coefficient (Wildman–Crippen LogP) is 0.771. The zero-order valence-electron chi connectivity index (χ0n) is 8.57. The fourth-order valence-electron chi connectivity index (χ4n) is 1.43. The van der Waals surface area contributed by atoms with Crippen LogP contribution < -0.4 is 10.6 Å². The zero-order chi connectivity index (χ0) is 11.4. The van der Waals surface area contributed by atoms with E-state index in [9.17, 15) is 4.79 Å². The third-order valence-electron chi connectivity index (χ3n) is 2.27. The molecule has 1 atom stereocenters. The first kappa shape index (κ1) is 11.5. The number of nitrogens with zero attached hydrogens (tertiary/aromatic N) is 1. The number of hydrogen-bond donors (Lipinski definition) is 2. The van der Waals surface area contributed by atoms with Crippen LogP contribution in [0.15, 0.2) is 22.9 Å². The van der Waals surface area contributed by atoms with Crippen molar-refractivity contribution in [2.45, 2.75) is 6.04 Å². The lowest BCUT2D eigenvalue weighted by atomic mass is 10.2. The van der Waals surface area contributed by atoms with E-state index in [1.165, 1.54) is 0 Å². The van der Waals surface area contributed by atoms with Gasteiger partial charge in [-0.05, 0) is 22.0 Å². The van der Waals surface area contributed by atoms with Gasteiger partial charge in [0.05, 0.1) is 23.4 Å². The van der Waals surface area contributed by atoms with Crippen LogP contribution in [0.5, 0.6) is 0 Å². The maximum Gasteiger partial charge on any atom is 0.243 e. The first-order chi connectivity index (χ1) is 7.77. The summed E-state index contributed by atoms with van der Waals surface area (Å²) >= 11 is 3.32. The molecule has 0 aliphatic carbocycles. The van der Waals surface area contributed by atoms with Crippen LogP contribution in [-0.4, -0.2) is 36.7 Å². The molecule has 1 aliphatic rings. The maximum atomic E-state index is 11.8. The van der Waals surface area contributed by atoms with Gasteiger partial charge >= 0.3 is 0 Å². The van der Waals surface area contributed by atoms with E-state index in [0.29, 0.717) is 25.4 Å². The molecule has 2 heterocycles. The van der Waals surface area contributed by atoms with Crippen LogP contribution in [0.2, 0.25) is 0 Å². The van der Waals surface area contributed by atoms with Crippen LogP contribution in [-0.2, 0) is 9.53 Å². The molecular weight excluding hydrogens is 274 g/mol. The van der Waals surface area contributed by atoms with Gasteiger partial charge in [-0.1, -0.05) is 0 Å². The molecule has 1 aromatic heterocycles. The lowest BCUT2D eigenvalue weighted by Crippen LogP contribution is -2.48. The Hall–Kier alpha value is -0.980. The summed E-state index contributed by atoms with van der Waals surface area (Å²) < 4.78 is 5.99. The van der Waals surface area contributed by atoms with Crippen molar-refractivity contribution in [2.24, 2.45) is 0 Å². The molecule has 0 aromatic carbocycles. The van der Waals surface area contributed by atoms with Crippen LogP contribution in [0, 0.1) is 0 Å². The highest BCUT2D eigenvalue weighted by Gasteiger charge is 2.21. The van der Waals surface area contributed by atoms with E-state index in [1.807, 2.05) is 0 Å². The van der Waals surface area contributed by atoms with Gasteiger partial charge in [-0.2, -0.15) is 0 Å². The number of amides is 1. The first-order valence-electron chi connectivity index (χ1n) is 4.99. The second-order valence-corrected chi connectivity index (χ2v) is 4.28. The van der Waals surface area contributed by atoms with Crippen LogP contribution in [0.4, 0.5) is 5.69 Å². The van der Waals surface area contributed by atoms with Crippen molar-refractivity contribution in [3.05, 3.63) is 22.9 Å². The third-order valence-corrected chi connectivity index (χ3v) is 2.90. The number of anilines is 1. The first-order valence-corrected chi connectivity index (χ1v) is 5.78. The number of nitrogens with one attached hydrogen (secondary N) is 2. The van der Waals surface area contributed by atoms with E-state index in [-0.39, 0.29) is 11.9 Å². The molecule has 2 rings (SSSR count).